The molecule has 0 bridgehead atoms. The van der Waals surface area contributed by atoms with Crippen molar-refractivity contribution >= 4 is 11.7 Å². The van der Waals surface area contributed by atoms with Gasteiger partial charge >= 0.3 is 0 Å². The van der Waals surface area contributed by atoms with Crippen molar-refractivity contribution in [2.45, 2.75) is 13.0 Å². The quantitative estimate of drug-likeness (QED) is 0.337. The molecule has 110 valence electrons. The second-order valence-corrected chi connectivity index (χ2v) is 4.64. The van der Waals surface area contributed by atoms with Gasteiger partial charge in [0.15, 0.2) is 5.84 Å². The monoisotopic (exact) mass is 287 g/mol. The number of hydrogen-bond donors (Lipinski definition) is 3. The van der Waals surface area contributed by atoms with Gasteiger partial charge in [0.1, 0.15) is 11.7 Å². The summed E-state index contributed by atoms with van der Waals surface area (Å²) >= 11 is 0. The number of aryl methyl sites for hydroxylation is 2. The van der Waals surface area contributed by atoms with Crippen molar-refractivity contribution in [2.24, 2.45) is 17.9 Å². The third-order valence-corrected chi connectivity index (χ3v) is 3.05. The van der Waals surface area contributed by atoms with Crippen LogP contribution in [-0.2, 0) is 7.05 Å². The van der Waals surface area contributed by atoms with Gasteiger partial charge in [-0.25, -0.2) is 0 Å². The lowest BCUT2D eigenvalue weighted by atomic mass is 10.1. The summed E-state index contributed by atoms with van der Waals surface area (Å²) in [5.41, 5.74) is 7.54. The molecular formula is C14H17N5O2. The molecule has 1 aromatic carbocycles. The van der Waals surface area contributed by atoms with Crippen molar-refractivity contribution in [3.8, 4) is 0 Å². The Bertz CT molecular complexity index is 663. The highest BCUT2D eigenvalue weighted by atomic mass is 16.4. The fraction of sp³-hybridized carbons (Fsp3) is 0.214. The Kier molecular flexibility index (Phi) is 4.22. The summed E-state index contributed by atoms with van der Waals surface area (Å²) < 4.78 is 1.49. The summed E-state index contributed by atoms with van der Waals surface area (Å²) in [6, 6.07) is 10.0. The van der Waals surface area contributed by atoms with Crippen LogP contribution < -0.4 is 11.1 Å². The molecule has 7 heteroatoms. The van der Waals surface area contributed by atoms with Gasteiger partial charge in [-0.1, -0.05) is 35.5 Å². The van der Waals surface area contributed by atoms with Crippen molar-refractivity contribution in [3.05, 3.63) is 53.3 Å². The molecule has 1 heterocycles. The van der Waals surface area contributed by atoms with Gasteiger partial charge in [0, 0.05) is 7.05 Å². The highest BCUT2D eigenvalue weighted by Gasteiger charge is 2.21. The van der Waals surface area contributed by atoms with Crippen molar-refractivity contribution in [2.75, 3.05) is 0 Å². The SMILES string of the molecule is Cc1cc(C(=O)NC(C(N)=NO)c2ccccc2)n(C)n1. The van der Waals surface area contributed by atoms with Crippen LogP contribution in [0.2, 0.25) is 0 Å². The maximum atomic E-state index is 12.3. The predicted molar refractivity (Wildman–Crippen MR) is 78.0 cm³/mol. The van der Waals surface area contributed by atoms with Crippen LogP contribution in [0.1, 0.15) is 27.8 Å². The lowest BCUT2D eigenvalue weighted by Crippen LogP contribution is -2.38. The normalized spacial score (nSPS) is 13.0. The second kappa shape index (κ2) is 6.08. The Morgan fingerprint density at radius 2 is 2.10 bits per heavy atom. The topological polar surface area (TPSA) is 106 Å². The van der Waals surface area contributed by atoms with Crippen LogP contribution in [0.15, 0.2) is 41.6 Å². The molecule has 2 aromatic rings. The van der Waals surface area contributed by atoms with E-state index in [9.17, 15) is 4.79 Å². The Morgan fingerprint density at radius 1 is 1.43 bits per heavy atom. The molecule has 1 unspecified atom stereocenters. The summed E-state index contributed by atoms with van der Waals surface area (Å²) in [6.45, 7) is 1.80. The molecule has 4 N–H and O–H groups in total. The number of amidine groups is 1. The lowest BCUT2D eigenvalue weighted by molar-refractivity contribution is 0.0936. The number of hydrogen-bond acceptors (Lipinski definition) is 4. The third-order valence-electron chi connectivity index (χ3n) is 3.05. The third kappa shape index (κ3) is 3.19. The number of carbonyl (C=O) groups is 1. The van der Waals surface area contributed by atoms with Crippen molar-refractivity contribution in [1.29, 1.82) is 0 Å². The van der Waals surface area contributed by atoms with Gasteiger partial charge in [-0.05, 0) is 18.6 Å². The Labute approximate surface area is 122 Å². The Hall–Kier alpha value is -2.83. The van der Waals surface area contributed by atoms with Crippen LogP contribution in [0.3, 0.4) is 0 Å². The molecule has 2 rings (SSSR count). The number of aromatic nitrogens is 2. The zero-order chi connectivity index (χ0) is 15.4. The van der Waals surface area contributed by atoms with E-state index in [1.807, 2.05) is 18.2 Å². The maximum Gasteiger partial charge on any atom is 0.270 e. The fourth-order valence-electron chi connectivity index (χ4n) is 2.06. The molecular weight excluding hydrogens is 270 g/mol. The smallest absolute Gasteiger partial charge is 0.270 e. The van der Waals surface area contributed by atoms with Crippen molar-refractivity contribution in [3.63, 3.8) is 0 Å². The number of benzene rings is 1. The average Bonchev–Trinajstić information content (AvgIpc) is 2.83. The van der Waals surface area contributed by atoms with E-state index in [2.05, 4.69) is 15.6 Å². The van der Waals surface area contributed by atoms with Crippen molar-refractivity contribution in [1.82, 2.24) is 15.1 Å². The molecule has 1 amide bonds. The lowest BCUT2D eigenvalue weighted by Gasteiger charge is -2.17. The molecule has 21 heavy (non-hydrogen) atoms. The summed E-state index contributed by atoms with van der Waals surface area (Å²) in [7, 11) is 1.68. The number of amides is 1. The highest BCUT2D eigenvalue weighted by Crippen LogP contribution is 2.14. The molecule has 0 saturated heterocycles. The summed E-state index contributed by atoms with van der Waals surface area (Å²) in [5.74, 6) is -0.438. The largest absolute Gasteiger partial charge is 0.409 e. The zero-order valence-corrected chi connectivity index (χ0v) is 11.8. The summed E-state index contributed by atoms with van der Waals surface area (Å²) in [4.78, 5) is 12.3. The first-order chi connectivity index (χ1) is 10.0. The molecule has 0 saturated carbocycles. The van der Waals surface area contributed by atoms with Gasteiger partial charge in [-0.3, -0.25) is 9.48 Å². The van der Waals surface area contributed by atoms with Crippen LogP contribution in [0.4, 0.5) is 0 Å². The first kappa shape index (κ1) is 14.6. The zero-order valence-electron chi connectivity index (χ0n) is 11.8. The first-order valence-corrected chi connectivity index (χ1v) is 6.36. The van der Waals surface area contributed by atoms with E-state index in [-0.39, 0.29) is 11.7 Å². The van der Waals surface area contributed by atoms with Crippen LogP contribution in [-0.4, -0.2) is 26.7 Å². The van der Waals surface area contributed by atoms with Crippen molar-refractivity contribution < 1.29 is 10.0 Å². The van der Waals surface area contributed by atoms with Crippen LogP contribution in [0.5, 0.6) is 0 Å². The van der Waals surface area contributed by atoms with Crippen LogP contribution in [0.25, 0.3) is 0 Å². The van der Waals surface area contributed by atoms with Gasteiger partial charge in [0.05, 0.1) is 5.69 Å². The molecule has 0 aliphatic carbocycles. The van der Waals surface area contributed by atoms with E-state index in [0.29, 0.717) is 5.69 Å². The van der Waals surface area contributed by atoms with Gasteiger partial charge < -0.3 is 16.3 Å². The maximum absolute atomic E-state index is 12.3. The minimum Gasteiger partial charge on any atom is -0.409 e. The van der Waals surface area contributed by atoms with E-state index < -0.39 is 6.04 Å². The molecule has 0 spiro atoms. The molecule has 7 nitrogen and oxygen atoms in total. The van der Waals surface area contributed by atoms with E-state index in [0.717, 1.165) is 11.3 Å². The van der Waals surface area contributed by atoms with Gasteiger partial charge in [0.2, 0.25) is 0 Å². The van der Waals surface area contributed by atoms with Gasteiger partial charge in [-0.15, -0.1) is 0 Å². The van der Waals surface area contributed by atoms with Gasteiger partial charge in [-0.2, -0.15) is 5.10 Å². The minimum absolute atomic E-state index is 0.0894. The molecule has 0 aliphatic heterocycles. The number of oxime groups is 1. The number of nitrogens with two attached hydrogens (primary N) is 1. The minimum atomic E-state index is -0.709. The number of nitrogens with one attached hydrogen (secondary N) is 1. The van der Waals surface area contributed by atoms with E-state index >= 15 is 0 Å². The number of carbonyl (C=O) groups excluding carboxylic acids is 1. The summed E-state index contributed by atoms with van der Waals surface area (Å²) in [5, 5.41) is 18.8. The summed E-state index contributed by atoms with van der Waals surface area (Å²) in [6.07, 6.45) is 0. The number of rotatable bonds is 4. The fourth-order valence-corrected chi connectivity index (χ4v) is 2.06. The molecule has 0 fully saturated rings. The average molecular weight is 287 g/mol. The molecule has 1 atom stereocenters. The highest BCUT2D eigenvalue weighted by molar-refractivity contribution is 5.97. The Balaban J connectivity index is 2.28. The number of nitrogens with zero attached hydrogens (tertiary/aromatic N) is 3. The van der Waals surface area contributed by atoms with Gasteiger partial charge in [0.25, 0.3) is 5.91 Å². The van der Waals surface area contributed by atoms with Crippen LogP contribution >= 0.6 is 0 Å². The van der Waals surface area contributed by atoms with Crippen LogP contribution in [0, 0.1) is 6.92 Å². The standard InChI is InChI=1S/C14H17N5O2/c1-9-8-11(19(2)17-9)14(20)16-12(13(15)18-21)10-6-4-3-5-7-10/h3-8,12,21H,1-2H3,(H2,15,18)(H,16,20). The van der Waals surface area contributed by atoms with E-state index in [1.165, 1.54) is 4.68 Å². The van der Waals surface area contributed by atoms with E-state index in [4.69, 9.17) is 10.9 Å². The van der Waals surface area contributed by atoms with E-state index in [1.54, 1.807) is 32.2 Å². The second-order valence-electron chi connectivity index (χ2n) is 4.64. The molecule has 0 aliphatic rings. The molecule has 0 radical (unpaired) electrons. The first-order valence-electron chi connectivity index (χ1n) is 6.36. The predicted octanol–water partition coefficient (Wildman–Crippen LogP) is 0.946. The molecule has 1 aromatic heterocycles. The Morgan fingerprint density at radius 3 is 2.62 bits per heavy atom.